The minimum atomic E-state index is -0.0241. The van der Waals surface area contributed by atoms with Crippen molar-refractivity contribution in [2.45, 2.75) is 17.9 Å². The third-order valence-corrected chi connectivity index (χ3v) is 4.72. The van der Waals surface area contributed by atoms with Crippen molar-refractivity contribution in [3.8, 4) is 5.75 Å². The molecule has 2 rings (SSSR count). The molecule has 0 saturated heterocycles. The summed E-state index contributed by atoms with van der Waals surface area (Å²) in [6.07, 6.45) is 0. The molecular formula is C17H18BrNO2S. The van der Waals surface area contributed by atoms with E-state index in [0.717, 1.165) is 20.7 Å². The average Bonchev–Trinajstić information content (AvgIpc) is 2.54. The van der Waals surface area contributed by atoms with E-state index >= 15 is 0 Å². The molecule has 0 radical (unpaired) electrons. The van der Waals surface area contributed by atoms with Crippen molar-refractivity contribution in [3.05, 3.63) is 58.6 Å². The highest BCUT2D eigenvalue weighted by Crippen LogP contribution is 2.21. The lowest BCUT2D eigenvalue weighted by molar-refractivity contribution is -0.119. The van der Waals surface area contributed by atoms with Crippen molar-refractivity contribution in [1.29, 1.82) is 0 Å². The first-order chi connectivity index (χ1) is 10.6. The molecule has 1 atom stereocenters. The molecule has 0 spiro atoms. The van der Waals surface area contributed by atoms with Crippen LogP contribution in [0.5, 0.6) is 5.75 Å². The zero-order chi connectivity index (χ0) is 15.9. The van der Waals surface area contributed by atoms with Gasteiger partial charge in [0.1, 0.15) is 5.75 Å². The number of hydrogen-bond donors (Lipinski definition) is 1. The van der Waals surface area contributed by atoms with Crippen molar-refractivity contribution in [1.82, 2.24) is 5.32 Å². The maximum Gasteiger partial charge on any atom is 0.230 e. The molecule has 0 aliphatic rings. The van der Waals surface area contributed by atoms with Gasteiger partial charge >= 0.3 is 0 Å². The number of benzene rings is 2. The van der Waals surface area contributed by atoms with Gasteiger partial charge in [-0.2, -0.15) is 0 Å². The largest absolute Gasteiger partial charge is 0.497 e. The average molecular weight is 380 g/mol. The third-order valence-electron chi connectivity index (χ3n) is 3.18. The number of methoxy groups -OCH3 is 1. The van der Waals surface area contributed by atoms with E-state index in [1.165, 1.54) is 11.8 Å². The molecule has 5 heteroatoms. The number of thioether (sulfide) groups is 1. The van der Waals surface area contributed by atoms with Gasteiger partial charge in [-0.1, -0.05) is 28.1 Å². The first kappa shape index (κ1) is 16.9. The molecule has 3 nitrogen and oxygen atoms in total. The van der Waals surface area contributed by atoms with E-state index in [2.05, 4.69) is 21.2 Å². The molecule has 0 saturated carbocycles. The van der Waals surface area contributed by atoms with Gasteiger partial charge in [-0.05, 0) is 48.9 Å². The molecule has 0 aromatic heterocycles. The zero-order valence-electron chi connectivity index (χ0n) is 12.5. The van der Waals surface area contributed by atoms with Gasteiger partial charge in [0, 0.05) is 9.37 Å². The number of carbonyl (C=O) groups is 1. The van der Waals surface area contributed by atoms with E-state index in [9.17, 15) is 4.79 Å². The summed E-state index contributed by atoms with van der Waals surface area (Å²) in [6.45, 7) is 1.98. The van der Waals surface area contributed by atoms with E-state index in [1.807, 2.05) is 55.5 Å². The number of carbonyl (C=O) groups excluding carboxylic acids is 1. The SMILES string of the molecule is COc1ccc(C(C)NC(=O)CSc2ccc(Br)cc2)cc1. The molecular weight excluding hydrogens is 362 g/mol. The van der Waals surface area contributed by atoms with Crippen molar-refractivity contribution < 1.29 is 9.53 Å². The van der Waals surface area contributed by atoms with Gasteiger partial charge in [-0.25, -0.2) is 0 Å². The first-order valence-electron chi connectivity index (χ1n) is 6.90. The summed E-state index contributed by atoms with van der Waals surface area (Å²) in [5.74, 6) is 1.24. The molecule has 0 bridgehead atoms. The predicted octanol–water partition coefficient (Wildman–Crippen LogP) is 4.43. The molecule has 0 aliphatic carbocycles. The standard InChI is InChI=1S/C17H18BrNO2S/c1-12(13-3-7-15(21-2)8-4-13)19-17(20)11-22-16-9-5-14(18)6-10-16/h3-10,12H,11H2,1-2H3,(H,19,20). The van der Waals surface area contributed by atoms with Gasteiger partial charge in [0.05, 0.1) is 18.9 Å². The summed E-state index contributed by atoms with van der Waals surface area (Å²) >= 11 is 4.92. The minimum absolute atomic E-state index is 0.0241. The molecule has 1 amide bonds. The van der Waals surface area contributed by atoms with E-state index < -0.39 is 0 Å². The molecule has 116 valence electrons. The van der Waals surface area contributed by atoms with Crippen molar-refractivity contribution >= 4 is 33.6 Å². The Morgan fingerprint density at radius 1 is 1.18 bits per heavy atom. The lowest BCUT2D eigenvalue weighted by Gasteiger charge is -2.14. The topological polar surface area (TPSA) is 38.3 Å². The Hall–Kier alpha value is -1.46. The van der Waals surface area contributed by atoms with Crippen LogP contribution in [0.3, 0.4) is 0 Å². The summed E-state index contributed by atoms with van der Waals surface area (Å²) in [4.78, 5) is 13.1. The van der Waals surface area contributed by atoms with Crippen molar-refractivity contribution in [3.63, 3.8) is 0 Å². The molecule has 2 aromatic carbocycles. The van der Waals surface area contributed by atoms with Gasteiger partial charge in [0.2, 0.25) is 5.91 Å². The number of rotatable bonds is 6. The van der Waals surface area contributed by atoms with Gasteiger partial charge in [-0.15, -0.1) is 11.8 Å². The second-order valence-corrected chi connectivity index (χ2v) is 6.77. The summed E-state index contributed by atoms with van der Waals surface area (Å²) in [6, 6.07) is 15.6. The highest BCUT2D eigenvalue weighted by Gasteiger charge is 2.10. The number of halogens is 1. The molecule has 0 heterocycles. The summed E-state index contributed by atoms with van der Waals surface area (Å²) in [5.41, 5.74) is 1.06. The molecule has 2 aromatic rings. The van der Waals surface area contributed by atoms with Crippen LogP contribution in [0.1, 0.15) is 18.5 Å². The summed E-state index contributed by atoms with van der Waals surface area (Å²) in [5, 5.41) is 3.01. The highest BCUT2D eigenvalue weighted by molar-refractivity contribution is 9.10. The van der Waals surface area contributed by atoms with Crippen LogP contribution in [-0.2, 0) is 4.79 Å². The van der Waals surface area contributed by atoms with Gasteiger partial charge in [0.25, 0.3) is 0 Å². The van der Waals surface area contributed by atoms with Crippen LogP contribution in [-0.4, -0.2) is 18.8 Å². The molecule has 22 heavy (non-hydrogen) atoms. The number of nitrogens with one attached hydrogen (secondary N) is 1. The van der Waals surface area contributed by atoms with Crippen LogP contribution < -0.4 is 10.1 Å². The predicted molar refractivity (Wildman–Crippen MR) is 94.4 cm³/mol. The van der Waals surface area contributed by atoms with Crippen LogP contribution in [0.25, 0.3) is 0 Å². The minimum Gasteiger partial charge on any atom is -0.497 e. The Morgan fingerprint density at radius 2 is 1.82 bits per heavy atom. The monoisotopic (exact) mass is 379 g/mol. The van der Waals surface area contributed by atoms with Crippen LogP contribution in [0.2, 0.25) is 0 Å². The van der Waals surface area contributed by atoms with Crippen molar-refractivity contribution in [2.24, 2.45) is 0 Å². The number of ether oxygens (including phenoxy) is 1. The van der Waals surface area contributed by atoms with E-state index in [1.54, 1.807) is 7.11 Å². The Morgan fingerprint density at radius 3 is 2.41 bits per heavy atom. The first-order valence-corrected chi connectivity index (χ1v) is 8.68. The van der Waals surface area contributed by atoms with Crippen LogP contribution >= 0.6 is 27.7 Å². The van der Waals surface area contributed by atoms with Crippen LogP contribution in [0, 0.1) is 0 Å². The summed E-state index contributed by atoms with van der Waals surface area (Å²) in [7, 11) is 1.64. The van der Waals surface area contributed by atoms with Crippen molar-refractivity contribution in [2.75, 3.05) is 12.9 Å². The maximum atomic E-state index is 12.0. The quantitative estimate of drug-likeness (QED) is 0.754. The van der Waals surface area contributed by atoms with Gasteiger partial charge in [-0.3, -0.25) is 4.79 Å². The Kier molecular flexibility index (Phi) is 6.34. The van der Waals surface area contributed by atoms with E-state index in [4.69, 9.17) is 4.74 Å². The fraction of sp³-hybridized carbons (Fsp3) is 0.235. The smallest absolute Gasteiger partial charge is 0.230 e. The van der Waals surface area contributed by atoms with E-state index in [-0.39, 0.29) is 11.9 Å². The normalized spacial score (nSPS) is 11.8. The molecule has 1 N–H and O–H groups in total. The second kappa shape index (κ2) is 8.25. The molecule has 1 unspecified atom stereocenters. The molecule has 0 fully saturated rings. The van der Waals surface area contributed by atoms with Crippen LogP contribution in [0.4, 0.5) is 0 Å². The lowest BCUT2D eigenvalue weighted by Crippen LogP contribution is -2.28. The summed E-state index contributed by atoms with van der Waals surface area (Å²) < 4.78 is 6.17. The Labute approximate surface area is 143 Å². The van der Waals surface area contributed by atoms with Gasteiger partial charge in [0.15, 0.2) is 0 Å². The van der Waals surface area contributed by atoms with Crippen LogP contribution in [0.15, 0.2) is 57.9 Å². The number of amides is 1. The third kappa shape index (κ3) is 5.07. The van der Waals surface area contributed by atoms with E-state index in [0.29, 0.717) is 5.75 Å². The zero-order valence-corrected chi connectivity index (χ0v) is 14.9. The fourth-order valence-corrected chi connectivity index (χ4v) is 2.91. The lowest BCUT2D eigenvalue weighted by atomic mass is 10.1. The molecule has 0 aliphatic heterocycles. The second-order valence-electron chi connectivity index (χ2n) is 4.80. The van der Waals surface area contributed by atoms with Gasteiger partial charge < -0.3 is 10.1 Å². The highest BCUT2D eigenvalue weighted by atomic mass is 79.9. The Bertz CT molecular complexity index is 614. The fourth-order valence-electron chi connectivity index (χ4n) is 1.94. The number of hydrogen-bond acceptors (Lipinski definition) is 3. The Balaban J connectivity index is 1.83. The maximum absolute atomic E-state index is 12.0.